The second kappa shape index (κ2) is 5.66. The highest BCUT2D eigenvalue weighted by molar-refractivity contribution is 7.80. The average molecular weight is 278 g/mol. The minimum atomic E-state index is -0.597. The average Bonchev–Trinajstić information content (AvgIpc) is 2.76. The molecule has 100 valence electrons. The maximum Gasteiger partial charge on any atom is 0.323 e. The van der Waals surface area contributed by atoms with Gasteiger partial charge in [-0.1, -0.05) is 18.2 Å². The van der Waals surface area contributed by atoms with E-state index in [4.69, 9.17) is 5.73 Å². The van der Waals surface area contributed by atoms with Crippen molar-refractivity contribution in [2.45, 2.75) is 0 Å². The van der Waals surface area contributed by atoms with E-state index in [-0.39, 0.29) is 6.03 Å². The molecule has 1 aromatic heterocycles. The molecule has 6 nitrogen and oxygen atoms in total. The predicted molar refractivity (Wildman–Crippen MR) is 77.8 cm³/mol. The molecule has 0 unspecified atom stereocenters. The SMILES string of the molecule is NC(=O)n1cc(NC(=O)NCCS)c2ccccc21. The van der Waals surface area contributed by atoms with Crippen molar-refractivity contribution in [3.8, 4) is 0 Å². The highest BCUT2D eigenvalue weighted by Gasteiger charge is 2.12. The molecule has 0 atom stereocenters. The Hall–Kier alpha value is -2.15. The number of primary amides is 1. The van der Waals surface area contributed by atoms with Crippen LogP contribution >= 0.6 is 12.6 Å². The lowest BCUT2D eigenvalue weighted by Crippen LogP contribution is -2.30. The zero-order valence-corrected chi connectivity index (χ0v) is 11.0. The first-order valence-corrected chi connectivity index (χ1v) is 6.32. The lowest BCUT2D eigenvalue weighted by molar-refractivity contribution is 0.250. The summed E-state index contributed by atoms with van der Waals surface area (Å²) in [5.74, 6) is 0.552. The Kier molecular flexibility index (Phi) is 3.96. The van der Waals surface area contributed by atoms with E-state index in [9.17, 15) is 9.59 Å². The fraction of sp³-hybridized carbons (Fsp3) is 0.167. The molecule has 0 bridgehead atoms. The quantitative estimate of drug-likeness (QED) is 0.643. The summed E-state index contributed by atoms with van der Waals surface area (Å²) in [6.07, 6.45) is 1.51. The van der Waals surface area contributed by atoms with Crippen LogP contribution in [0.15, 0.2) is 30.5 Å². The van der Waals surface area contributed by atoms with Crippen LogP contribution in [0.3, 0.4) is 0 Å². The zero-order valence-electron chi connectivity index (χ0n) is 10.1. The van der Waals surface area contributed by atoms with Gasteiger partial charge in [-0.15, -0.1) is 0 Å². The monoisotopic (exact) mass is 278 g/mol. The van der Waals surface area contributed by atoms with Crippen molar-refractivity contribution in [3.63, 3.8) is 0 Å². The standard InChI is InChI=1S/C12H14N4O2S/c13-11(17)16-7-9(15-12(18)14-5-6-19)8-3-1-2-4-10(8)16/h1-4,7,19H,5-6H2,(H2,13,17)(H2,14,15,18). The summed E-state index contributed by atoms with van der Waals surface area (Å²) in [4.78, 5) is 22.9. The van der Waals surface area contributed by atoms with E-state index in [2.05, 4.69) is 23.3 Å². The van der Waals surface area contributed by atoms with E-state index in [1.54, 1.807) is 12.1 Å². The number of aromatic nitrogens is 1. The Labute approximate surface area is 115 Å². The number of carbonyl (C=O) groups is 2. The smallest absolute Gasteiger partial charge is 0.323 e. The first-order chi connectivity index (χ1) is 9.13. The number of amides is 3. The van der Waals surface area contributed by atoms with Gasteiger partial charge in [0, 0.05) is 23.9 Å². The van der Waals surface area contributed by atoms with Crippen molar-refractivity contribution in [1.82, 2.24) is 9.88 Å². The van der Waals surface area contributed by atoms with Crippen molar-refractivity contribution in [3.05, 3.63) is 30.5 Å². The predicted octanol–water partition coefficient (Wildman–Crippen LogP) is 1.62. The van der Waals surface area contributed by atoms with Crippen LogP contribution in [0.5, 0.6) is 0 Å². The van der Waals surface area contributed by atoms with Crippen LogP contribution in [0.4, 0.5) is 15.3 Å². The topological polar surface area (TPSA) is 89.2 Å². The molecule has 19 heavy (non-hydrogen) atoms. The Bertz CT molecular complexity index is 623. The van der Waals surface area contributed by atoms with Gasteiger partial charge in [-0.2, -0.15) is 12.6 Å². The fourth-order valence-corrected chi connectivity index (χ4v) is 1.91. The summed E-state index contributed by atoms with van der Waals surface area (Å²) >= 11 is 4.00. The molecule has 1 heterocycles. The lowest BCUT2D eigenvalue weighted by atomic mass is 10.2. The molecule has 0 radical (unpaired) electrons. The van der Waals surface area contributed by atoms with Crippen molar-refractivity contribution in [2.24, 2.45) is 5.73 Å². The molecule has 3 amide bonds. The molecular weight excluding hydrogens is 264 g/mol. The maximum atomic E-state index is 11.6. The van der Waals surface area contributed by atoms with Crippen molar-refractivity contribution in [2.75, 3.05) is 17.6 Å². The third-order valence-electron chi connectivity index (χ3n) is 2.59. The van der Waals surface area contributed by atoms with Crippen LogP contribution in [0.25, 0.3) is 10.9 Å². The van der Waals surface area contributed by atoms with Gasteiger partial charge in [0.1, 0.15) is 0 Å². The van der Waals surface area contributed by atoms with Gasteiger partial charge in [0.2, 0.25) is 0 Å². The first-order valence-electron chi connectivity index (χ1n) is 5.69. The summed E-state index contributed by atoms with van der Waals surface area (Å²) in [6, 6.07) is 6.25. The van der Waals surface area contributed by atoms with Gasteiger partial charge in [0.05, 0.1) is 11.2 Å². The Balaban J connectivity index is 2.33. The number of nitrogens with zero attached hydrogens (tertiary/aromatic N) is 1. The molecule has 0 spiro atoms. The minimum absolute atomic E-state index is 0.346. The molecule has 0 saturated carbocycles. The largest absolute Gasteiger partial charge is 0.351 e. The number of nitrogens with one attached hydrogen (secondary N) is 2. The van der Waals surface area contributed by atoms with Crippen molar-refractivity contribution >= 4 is 41.3 Å². The Morgan fingerprint density at radius 3 is 2.74 bits per heavy atom. The number of fused-ring (bicyclic) bond motifs is 1. The van der Waals surface area contributed by atoms with Crippen LogP contribution in [0, 0.1) is 0 Å². The van der Waals surface area contributed by atoms with E-state index in [0.29, 0.717) is 23.5 Å². The van der Waals surface area contributed by atoms with E-state index < -0.39 is 6.03 Å². The summed E-state index contributed by atoms with van der Waals surface area (Å²) in [6.45, 7) is 0.462. The second-order valence-corrected chi connectivity index (χ2v) is 4.32. The molecule has 0 saturated heterocycles. The number of para-hydroxylation sites is 1. The second-order valence-electron chi connectivity index (χ2n) is 3.87. The van der Waals surface area contributed by atoms with Gasteiger partial charge >= 0.3 is 12.1 Å². The fourth-order valence-electron chi connectivity index (χ4n) is 1.80. The summed E-state index contributed by atoms with van der Waals surface area (Å²) in [7, 11) is 0. The van der Waals surface area contributed by atoms with Gasteiger partial charge in [-0.05, 0) is 6.07 Å². The highest BCUT2D eigenvalue weighted by atomic mass is 32.1. The third-order valence-corrected chi connectivity index (χ3v) is 2.82. The first kappa shape index (κ1) is 13.3. The van der Waals surface area contributed by atoms with Gasteiger partial charge in [0.15, 0.2) is 0 Å². The molecule has 7 heteroatoms. The number of carbonyl (C=O) groups excluding carboxylic acids is 2. The molecule has 1 aromatic carbocycles. The molecule has 4 N–H and O–H groups in total. The lowest BCUT2D eigenvalue weighted by Gasteiger charge is -2.04. The summed E-state index contributed by atoms with van der Waals surface area (Å²) in [5, 5.41) is 6.07. The maximum absolute atomic E-state index is 11.6. The molecule has 0 aliphatic rings. The number of benzene rings is 1. The molecule has 2 rings (SSSR count). The highest BCUT2D eigenvalue weighted by Crippen LogP contribution is 2.25. The van der Waals surface area contributed by atoms with Gasteiger partial charge in [-0.3, -0.25) is 4.57 Å². The number of thiol groups is 1. The van der Waals surface area contributed by atoms with Crippen molar-refractivity contribution in [1.29, 1.82) is 0 Å². The van der Waals surface area contributed by atoms with Gasteiger partial charge in [0.25, 0.3) is 0 Å². The van der Waals surface area contributed by atoms with Crippen LogP contribution in [-0.4, -0.2) is 28.9 Å². The van der Waals surface area contributed by atoms with Crippen molar-refractivity contribution < 1.29 is 9.59 Å². The van der Waals surface area contributed by atoms with Crippen LogP contribution in [0.2, 0.25) is 0 Å². The Morgan fingerprint density at radius 1 is 1.32 bits per heavy atom. The number of nitrogens with two attached hydrogens (primary N) is 1. The minimum Gasteiger partial charge on any atom is -0.351 e. The number of anilines is 1. The number of urea groups is 1. The molecule has 0 fully saturated rings. The van der Waals surface area contributed by atoms with Gasteiger partial charge < -0.3 is 16.4 Å². The number of hydrogen-bond acceptors (Lipinski definition) is 3. The molecule has 0 aliphatic carbocycles. The molecule has 0 aliphatic heterocycles. The molecular formula is C12H14N4O2S. The van der Waals surface area contributed by atoms with E-state index in [1.807, 2.05) is 12.1 Å². The Morgan fingerprint density at radius 2 is 2.05 bits per heavy atom. The van der Waals surface area contributed by atoms with E-state index in [0.717, 1.165) is 5.39 Å². The van der Waals surface area contributed by atoms with Gasteiger partial charge in [-0.25, -0.2) is 9.59 Å². The summed E-state index contributed by atoms with van der Waals surface area (Å²) in [5.41, 5.74) is 6.48. The number of rotatable bonds is 3. The third kappa shape index (κ3) is 2.82. The molecule has 2 aromatic rings. The zero-order chi connectivity index (χ0) is 13.8. The normalized spacial score (nSPS) is 10.4. The van der Waals surface area contributed by atoms with Crippen LogP contribution < -0.4 is 16.4 Å². The summed E-state index contributed by atoms with van der Waals surface area (Å²) < 4.78 is 1.30. The number of hydrogen-bond donors (Lipinski definition) is 4. The van der Waals surface area contributed by atoms with Crippen LogP contribution in [-0.2, 0) is 0 Å². The van der Waals surface area contributed by atoms with E-state index in [1.165, 1.54) is 10.8 Å². The van der Waals surface area contributed by atoms with Crippen LogP contribution in [0.1, 0.15) is 0 Å². The van der Waals surface area contributed by atoms with E-state index >= 15 is 0 Å².